The van der Waals surface area contributed by atoms with Gasteiger partial charge in [0, 0.05) is 0 Å². The van der Waals surface area contributed by atoms with Crippen molar-refractivity contribution in [3.05, 3.63) is 0 Å². The largest absolute Gasteiger partial charge is 0.393 e. The molecule has 4 rings (SSSR count). The SMILES string of the molecule is C[C@]12CC[C@H]3[C@@H](CC[C@@H]4C[C@@H](O)CC[C@@H]43)[C@@H]1CC[C@@H]2C#N. The fraction of sp³-hybridized carbons (Fsp3) is 0.947. The zero-order chi connectivity index (χ0) is 14.6. The van der Waals surface area contributed by atoms with Crippen LogP contribution in [0.5, 0.6) is 0 Å². The second-order valence-electron chi connectivity index (χ2n) is 8.71. The Morgan fingerprint density at radius 2 is 1.76 bits per heavy atom. The van der Waals surface area contributed by atoms with Gasteiger partial charge in [-0.3, -0.25) is 0 Å². The number of hydrogen-bond donors (Lipinski definition) is 1. The summed E-state index contributed by atoms with van der Waals surface area (Å²) in [4.78, 5) is 0. The summed E-state index contributed by atoms with van der Waals surface area (Å²) < 4.78 is 0. The third-order valence-electron chi connectivity index (χ3n) is 8.08. The Bertz CT molecular complexity index is 455. The van der Waals surface area contributed by atoms with Crippen LogP contribution in [0.3, 0.4) is 0 Å². The fourth-order valence-corrected chi connectivity index (χ4v) is 7.04. The minimum atomic E-state index is -0.0221. The van der Waals surface area contributed by atoms with E-state index in [2.05, 4.69) is 13.0 Å². The molecule has 4 aliphatic rings. The number of nitriles is 1. The molecule has 1 N–H and O–H groups in total. The third-order valence-corrected chi connectivity index (χ3v) is 8.08. The first-order valence-corrected chi connectivity index (χ1v) is 9.21. The van der Waals surface area contributed by atoms with Crippen molar-refractivity contribution in [3.8, 4) is 6.07 Å². The van der Waals surface area contributed by atoms with Crippen molar-refractivity contribution >= 4 is 0 Å². The Morgan fingerprint density at radius 1 is 0.952 bits per heavy atom. The summed E-state index contributed by atoms with van der Waals surface area (Å²) in [6, 6.07) is 2.63. The molecule has 116 valence electrons. The Hall–Kier alpha value is -0.550. The summed E-state index contributed by atoms with van der Waals surface area (Å²) >= 11 is 0. The molecule has 21 heavy (non-hydrogen) atoms. The summed E-state index contributed by atoms with van der Waals surface area (Å²) in [7, 11) is 0. The molecule has 0 aromatic carbocycles. The highest BCUT2D eigenvalue weighted by molar-refractivity contribution is 5.10. The molecule has 2 heteroatoms. The van der Waals surface area contributed by atoms with Crippen LogP contribution in [0.25, 0.3) is 0 Å². The van der Waals surface area contributed by atoms with E-state index in [9.17, 15) is 10.4 Å². The van der Waals surface area contributed by atoms with Gasteiger partial charge in [-0.2, -0.15) is 5.26 Å². The molecule has 0 amide bonds. The van der Waals surface area contributed by atoms with Crippen molar-refractivity contribution in [2.24, 2.45) is 40.9 Å². The maximum Gasteiger partial charge on any atom is 0.0661 e. The topological polar surface area (TPSA) is 44.0 Å². The van der Waals surface area contributed by atoms with Crippen LogP contribution in [-0.4, -0.2) is 11.2 Å². The molecule has 0 aliphatic heterocycles. The summed E-state index contributed by atoms with van der Waals surface area (Å²) in [6.45, 7) is 2.42. The van der Waals surface area contributed by atoms with E-state index in [4.69, 9.17) is 0 Å². The van der Waals surface area contributed by atoms with Crippen LogP contribution in [0.2, 0.25) is 0 Å². The zero-order valence-corrected chi connectivity index (χ0v) is 13.3. The highest BCUT2D eigenvalue weighted by Gasteiger charge is 2.57. The van der Waals surface area contributed by atoms with Crippen molar-refractivity contribution in [2.45, 2.75) is 70.8 Å². The predicted molar refractivity (Wildman–Crippen MR) is 82.2 cm³/mol. The number of nitrogens with zero attached hydrogens (tertiary/aromatic N) is 1. The molecule has 4 saturated carbocycles. The van der Waals surface area contributed by atoms with Crippen molar-refractivity contribution in [2.75, 3.05) is 0 Å². The fourth-order valence-electron chi connectivity index (χ4n) is 7.04. The number of aliphatic hydroxyl groups excluding tert-OH is 1. The predicted octanol–water partition coefficient (Wildman–Crippen LogP) is 4.14. The second-order valence-corrected chi connectivity index (χ2v) is 8.71. The first kappa shape index (κ1) is 14.1. The minimum Gasteiger partial charge on any atom is -0.393 e. The standard InChI is InChI=1S/C19H29NO/c1-19-9-8-16-15-6-4-14(21)10-12(15)2-5-17(16)18(19)7-3-13(19)11-20/h12-18,21H,2-10H2,1H3/t12-,13-,14+,15+,16-,17-,18+,19-/m1/s1. The Morgan fingerprint density at radius 3 is 2.57 bits per heavy atom. The van der Waals surface area contributed by atoms with E-state index in [1.807, 2.05) is 0 Å². The first-order valence-electron chi connectivity index (χ1n) is 9.21. The number of rotatable bonds is 0. The van der Waals surface area contributed by atoms with Gasteiger partial charge in [-0.05, 0) is 92.8 Å². The summed E-state index contributed by atoms with van der Waals surface area (Å²) in [5.74, 6) is 4.61. The molecule has 0 heterocycles. The molecule has 0 radical (unpaired) electrons. The lowest BCUT2D eigenvalue weighted by Crippen LogP contribution is -2.48. The molecule has 0 aromatic heterocycles. The van der Waals surface area contributed by atoms with Crippen molar-refractivity contribution in [1.29, 1.82) is 5.26 Å². The highest BCUT2D eigenvalue weighted by atomic mass is 16.3. The normalized spacial score (nSPS) is 56.0. The quantitative estimate of drug-likeness (QED) is 0.727. The average molecular weight is 287 g/mol. The molecule has 0 saturated heterocycles. The third kappa shape index (κ3) is 2.00. The lowest BCUT2D eigenvalue weighted by Gasteiger charge is -2.55. The Balaban J connectivity index is 1.57. The molecule has 0 aromatic rings. The summed E-state index contributed by atoms with van der Waals surface area (Å²) in [5.41, 5.74) is 0.316. The lowest BCUT2D eigenvalue weighted by atomic mass is 9.50. The summed E-state index contributed by atoms with van der Waals surface area (Å²) in [5, 5.41) is 19.5. The van der Waals surface area contributed by atoms with E-state index in [1.165, 1.54) is 38.5 Å². The van der Waals surface area contributed by atoms with Gasteiger partial charge in [-0.25, -0.2) is 0 Å². The molecular formula is C19H29NO. The van der Waals surface area contributed by atoms with E-state index < -0.39 is 0 Å². The van der Waals surface area contributed by atoms with E-state index in [1.54, 1.807) is 0 Å². The molecule has 0 bridgehead atoms. The van der Waals surface area contributed by atoms with Crippen LogP contribution in [0, 0.1) is 52.3 Å². The van der Waals surface area contributed by atoms with Gasteiger partial charge in [-0.1, -0.05) is 6.92 Å². The maximum absolute atomic E-state index is 9.97. The van der Waals surface area contributed by atoms with Gasteiger partial charge in [0.2, 0.25) is 0 Å². The van der Waals surface area contributed by atoms with Crippen LogP contribution >= 0.6 is 0 Å². The van der Waals surface area contributed by atoms with E-state index in [-0.39, 0.29) is 6.10 Å². The van der Waals surface area contributed by atoms with Crippen molar-refractivity contribution < 1.29 is 5.11 Å². The van der Waals surface area contributed by atoms with Crippen LogP contribution in [0.4, 0.5) is 0 Å². The van der Waals surface area contributed by atoms with Gasteiger partial charge in [0.05, 0.1) is 18.1 Å². The molecule has 8 atom stereocenters. The lowest BCUT2D eigenvalue weighted by molar-refractivity contribution is -0.0727. The van der Waals surface area contributed by atoms with Crippen LogP contribution in [0.15, 0.2) is 0 Å². The molecule has 4 fully saturated rings. The number of fused-ring (bicyclic) bond motifs is 5. The van der Waals surface area contributed by atoms with Crippen LogP contribution < -0.4 is 0 Å². The zero-order valence-electron chi connectivity index (χ0n) is 13.3. The van der Waals surface area contributed by atoms with Gasteiger partial charge in [-0.15, -0.1) is 0 Å². The Labute approximate surface area is 128 Å². The molecule has 2 nitrogen and oxygen atoms in total. The van der Waals surface area contributed by atoms with Gasteiger partial charge in [0.25, 0.3) is 0 Å². The second kappa shape index (κ2) is 4.98. The summed E-state index contributed by atoms with van der Waals surface area (Å²) in [6.07, 6.45) is 11.1. The van der Waals surface area contributed by atoms with Gasteiger partial charge >= 0.3 is 0 Å². The van der Waals surface area contributed by atoms with E-state index >= 15 is 0 Å². The van der Waals surface area contributed by atoms with Gasteiger partial charge < -0.3 is 5.11 Å². The smallest absolute Gasteiger partial charge is 0.0661 e. The van der Waals surface area contributed by atoms with Crippen molar-refractivity contribution in [1.82, 2.24) is 0 Å². The Kier molecular flexibility index (Phi) is 3.34. The van der Waals surface area contributed by atoms with Crippen LogP contribution in [-0.2, 0) is 0 Å². The minimum absolute atomic E-state index is 0.0221. The van der Waals surface area contributed by atoms with Crippen LogP contribution in [0.1, 0.15) is 64.7 Å². The number of aliphatic hydroxyl groups is 1. The molecule has 0 spiro atoms. The van der Waals surface area contributed by atoms with E-state index in [0.29, 0.717) is 11.3 Å². The van der Waals surface area contributed by atoms with E-state index in [0.717, 1.165) is 48.9 Å². The molecule has 0 unspecified atom stereocenters. The molecule has 4 aliphatic carbocycles. The highest BCUT2D eigenvalue weighted by Crippen LogP contribution is 2.63. The average Bonchev–Trinajstić information content (AvgIpc) is 2.83. The monoisotopic (exact) mass is 287 g/mol. The number of hydrogen-bond acceptors (Lipinski definition) is 2. The maximum atomic E-state index is 9.97. The van der Waals surface area contributed by atoms with Gasteiger partial charge in [0.15, 0.2) is 0 Å². The van der Waals surface area contributed by atoms with Gasteiger partial charge in [0.1, 0.15) is 0 Å². The molecular weight excluding hydrogens is 258 g/mol. The first-order chi connectivity index (χ1) is 10.1. The van der Waals surface area contributed by atoms with Crippen molar-refractivity contribution in [3.63, 3.8) is 0 Å².